The monoisotopic (exact) mass is 506 g/mol. The van der Waals surface area contributed by atoms with Crippen LogP contribution in [0.3, 0.4) is 0 Å². The number of fused-ring (bicyclic) bond motifs is 1. The highest BCUT2D eigenvalue weighted by atomic mass is 35.5. The molecule has 9 nitrogen and oxygen atoms in total. The van der Waals surface area contributed by atoms with Crippen LogP contribution in [0.2, 0.25) is 5.02 Å². The number of carbonyl (C=O) groups excluding carboxylic acids is 1. The number of sulfonamides is 1. The molecule has 0 unspecified atom stereocenters. The van der Waals surface area contributed by atoms with Gasteiger partial charge in [-0.3, -0.25) is 10.0 Å². The number of methoxy groups -OCH3 is 1. The third-order valence-electron chi connectivity index (χ3n) is 5.08. The molecule has 2 heterocycles. The number of amides is 2. The van der Waals surface area contributed by atoms with Crippen LogP contribution in [0.4, 0.5) is 20.7 Å². The number of nitrogens with zero attached hydrogens (tertiary/aromatic N) is 2. The molecule has 12 heteroatoms. The van der Waals surface area contributed by atoms with Crippen molar-refractivity contribution in [3.05, 3.63) is 65.1 Å². The van der Waals surface area contributed by atoms with Gasteiger partial charge in [0.2, 0.25) is 0 Å². The van der Waals surface area contributed by atoms with Crippen molar-refractivity contribution < 1.29 is 27.1 Å². The molecule has 0 spiro atoms. The summed E-state index contributed by atoms with van der Waals surface area (Å²) in [6.07, 6.45) is 1.44. The van der Waals surface area contributed by atoms with Crippen molar-refractivity contribution in [1.29, 1.82) is 0 Å². The van der Waals surface area contributed by atoms with Gasteiger partial charge in [0.25, 0.3) is 10.0 Å². The lowest BCUT2D eigenvalue weighted by atomic mass is 10.2. The summed E-state index contributed by atoms with van der Waals surface area (Å²) in [6.45, 7) is 2.56. The van der Waals surface area contributed by atoms with E-state index in [4.69, 9.17) is 21.1 Å². The molecule has 34 heavy (non-hydrogen) atoms. The van der Waals surface area contributed by atoms with Crippen molar-refractivity contribution in [2.75, 3.05) is 23.7 Å². The number of aromatic nitrogens is 1. The van der Waals surface area contributed by atoms with Gasteiger partial charge in [-0.05, 0) is 43.3 Å². The summed E-state index contributed by atoms with van der Waals surface area (Å²) >= 11 is 5.93. The van der Waals surface area contributed by atoms with Crippen molar-refractivity contribution in [2.24, 2.45) is 0 Å². The van der Waals surface area contributed by atoms with Crippen molar-refractivity contribution in [1.82, 2.24) is 9.88 Å². The van der Waals surface area contributed by atoms with E-state index >= 15 is 0 Å². The van der Waals surface area contributed by atoms with Crippen LogP contribution in [0.25, 0.3) is 0 Å². The fourth-order valence-electron chi connectivity index (χ4n) is 3.37. The maximum absolute atomic E-state index is 14.9. The maximum atomic E-state index is 14.9. The van der Waals surface area contributed by atoms with E-state index in [1.807, 2.05) is 6.92 Å². The largest absolute Gasteiger partial charge is 0.495 e. The number of hydrogen-bond donors (Lipinski definition) is 2. The van der Waals surface area contributed by atoms with E-state index in [0.717, 1.165) is 6.07 Å². The van der Waals surface area contributed by atoms with Crippen LogP contribution in [0.5, 0.6) is 17.2 Å². The van der Waals surface area contributed by atoms with E-state index in [1.165, 1.54) is 43.6 Å². The van der Waals surface area contributed by atoms with Crippen LogP contribution in [-0.2, 0) is 16.6 Å². The second kappa shape index (κ2) is 9.35. The van der Waals surface area contributed by atoms with Crippen LogP contribution in [-0.4, -0.2) is 38.0 Å². The summed E-state index contributed by atoms with van der Waals surface area (Å²) in [5.74, 6) is -0.174. The number of benzene rings is 2. The van der Waals surface area contributed by atoms with E-state index in [-0.39, 0.29) is 39.7 Å². The third kappa shape index (κ3) is 4.70. The summed E-state index contributed by atoms with van der Waals surface area (Å²) in [6, 6.07) is 9.10. The average molecular weight is 507 g/mol. The minimum Gasteiger partial charge on any atom is -0.495 e. The van der Waals surface area contributed by atoms with Crippen molar-refractivity contribution in [3.8, 4) is 17.2 Å². The molecule has 0 bridgehead atoms. The molecule has 2 amide bonds. The SMILES string of the molecule is CCN1Cc2c(Oc3ccc(NS(=O)(=O)c4cc(Cl)ccc4OC)cc3F)ccnc2NC1=O. The van der Waals surface area contributed by atoms with Crippen molar-refractivity contribution in [3.63, 3.8) is 0 Å². The molecule has 3 aromatic rings. The number of nitrogens with one attached hydrogen (secondary N) is 2. The molecular weight excluding hydrogens is 487 g/mol. The first kappa shape index (κ1) is 23.6. The van der Waals surface area contributed by atoms with Crippen molar-refractivity contribution in [2.45, 2.75) is 18.4 Å². The Bertz CT molecular complexity index is 1370. The van der Waals surface area contributed by atoms with Gasteiger partial charge in [0, 0.05) is 23.8 Å². The Labute approximate surface area is 200 Å². The Morgan fingerprint density at radius 1 is 1.18 bits per heavy atom. The molecule has 0 radical (unpaired) electrons. The van der Waals surface area contributed by atoms with Crippen LogP contribution in [0.1, 0.15) is 12.5 Å². The molecule has 1 aliphatic rings. The molecule has 2 aromatic carbocycles. The quantitative estimate of drug-likeness (QED) is 0.474. The minimum atomic E-state index is -4.11. The summed E-state index contributed by atoms with van der Waals surface area (Å²) in [5, 5.41) is 2.87. The van der Waals surface area contributed by atoms with E-state index in [2.05, 4.69) is 15.0 Å². The highest BCUT2D eigenvalue weighted by Crippen LogP contribution is 2.35. The topological polar surface area (TPSA) is 110 Å². The first-order valence-electron chi connectivity index (χ1n) is 10.1. The second-order valence-corrected chi connectivity index (χ2v) is 9.32. The number of hydrogen-bond acceptors (Lipinski definition) is 6. The third-order valence-corrected chi connectivity index (χ3v) is 6.71. The molecular formula is C22H20ClFN4O5S. The van der Waals surface area contributed by atoms with Gasteiger partial charge in [0.1, 0.15) is 22.2 Å². The summed E-state index contributed by atoms with van der Waals surface area (Å²) < 4.78 is 53.6. The van der Waals surface area contributed by atoms with Crippen LogP contribution >= 0.6 is 11.6 Å². The molecule has 4 rings (SSSR count). The molecule has 0 saturated heterocycles. The van der Waals surface area contributed by atoms with Crippen molar-refractivity contribution >= 4 is 39.2 Å². The number of urea groups is 1. The van der Waals surface area contributed by atoms with Crippen LogP contribution < -0.4 is 19.5 Å². The van der Waals surface area contributed by atoms with Gasteiger partial charge in [0.15, 0.2) is 11.6 Å². The Kier molecular flexibility index (Phi) is 6.49. The first-order valence-corrected chi connectivity index (χ1v) is 12.0. The second-order valence-electron chi connectivity index (χ2n) is 7.23. The van der Waals surface area contributed by atoms with E-state index in [1.54, 1.807) is 11.0 Å². The Morgan fingerprint density at radius 2 is 1.94 bits per heavy atom. The fourth-order valence-corrected chi connectivity index (χ4v) is 4.85. The Hall–Kier alpha value is -3.57. The molecule has 0 aliphatic carbocycles. The normalized spacial score (nSPS) is 13.2. The van der Waals surface area contributed by atoms with Gasteiger partial charge in [-0.25, -0.2) is 22.6 Å². The van der Waals surface area contributed by atoms with E-state index < -0.39 is 15.8 Å². The van der Waals surface area contributed by atoms with Gasteiger partial charge in [-0.1, -0.05) is 11.6 Å². The zero-order valence-corrected chi connectivity index (χ0v) is 19.7. The zero-order valence-electron chi connectivity index (χ0n) is 18.1. The molecule has 178 valence electrons. The number of halogens is 2. The van der Waals surface area contributed by atoms with E-state index in [0.29, 0.717) is 23.7 Å². The Morgan fingerprint density at radius 3 is 2.65 bits per heavy atom. The smallest absolute Gasteiger partial charge is 0.323 e. The van der Waals surface area contributed by atoms with Crippen LogP contribution in [0.15, 0.2) is 53.6 Å². The molecule has 1 aromatic heterocycles. The Balaban J connectivity index is 1.58. The number of pyridine rings is 1. The maximum Gasteiger partial charge on any atom is 0.323 e. The number of ether oxygens (including phenoxy) is 2. The molecule has 0 fully saturated rings. The van der Waals surface area contributed by atoms with Gasteiger partial charge in [-0.2, -0.15) is 0 Å². The van der Waals surface area contributed by atoms with E-state index in [9.17, 15) is 17.6 Å². The highest BCUT2D eigenvalue weighted by molar-refractivity contribution is 7.92. The first-order chi connectivity index (χ1) is 16.2. The lowest BCUT2D eigenvalue weighted by Crippen LogP contribution is -2.38. The molecule has 2 N–H and O–H groups in total. The van der Waals surface area contributed by atoms with Gasteiger partial charge < -0.3 is 14.4 Å². The highest BCUT2D eigenvalue weighted by Gasteiger charge is 2.26. The minimum absolute atomic E-state index is 0.0203. The van der Waals surface area contributed by atoms with Gasteiger partial charge in [-0.15, -0.1) is 0 Å². The molecule has 0 atom stereocenters. The molecule has 1 aliphatic heterocycles. The summed E-state index contributed by atoms with van der Waals surface area (Å²) in [4.78, 5) is 17.5. The summed E-state index contributed by atoms with van der Waals surface area (Å²) in [7, 11) is -2.78. The van der Waals surface area contributed by atoms with Gasteiger partial charge in [0.05, 0.1) is 24.9 Å². The predicted octanol–water partition coefficient (Wildman–Crippen LogP) is 4.84. The lowest BCUT2D eigenvalue weighted by molar-refractivity contribution is 0.209. The number of anilines is 2. The standard InChI is InChI=1S/C22H20ClFN4O5S/c1-3-28-12-15-17(8-9-25-21(15)26-22(28)29)33-18-7-5-14(11-16(18)24)27-34(30,31)20-10-13(23)4-6-19(20)32-2/h4-11,27H,3,12H2,1-2H3,(H,25,26,29). The zero-order chi connectivity index (χ0) is 24.5. The number of rotatable bonds is 7. The van der Waals surface area contributed by atoms with Crippen LogP contribution in [0, 0.1) is 5.82 Å². The number of carbonyl (C=O) groups is 1. The average Bonchev–Trinajstić information content (AvgIpc) is 2.80. The summed E-state index contributed by atoms with van der Waals surface area (Å²) in [5.41, 5.74) is 0.578. The fraction of sp³-hybridized carbons (Fsp3) is 0.182. The predicted molar refractivity (Wildman–Crippen MR) is 125 cm³/mol. The molecule has 0 saturated carbocycles. The lowest BCUT2D eigenvalue weighted by Gasteiger charge is -2.28. The van der Waals surface area contributed by atoms with Gasteiger partial charge >= 0.3 is 6.03 Å².